The van der Waals surface area contributed by atoms with E-state index in [-0.39, 0.29) is 5.91 Å². The van der Waals surface area contributed by atoms with Gasteiger partial charge in [0, 0.05) is 30.5 Å². The van der Waals surface area contributed by atoms with Crippen molar-refractivity contribution in [3.63, 3.8) is 0 Å². The zero-order valence-electron chi connectivity index (χ0n) is 11.5. The first kappa shape index (κ1) is 12.0. The van der Waals surface area contributed by atoms with Crippen molar-refractivity contribution < 1.29 is 4.79 Å². The van der Waals surface area contributed by atoms with Crippen LogP contribution in [0, 0.1) is 5.92 Å². The first-order valence-corrected chi connectivity index (χ1v) is 7.39. The minimum absolute atomic E-state index is 0.0550. The zero-order chi connectivity index (χ0) is 13.5. The largest absolute Gasteiger partial charge is 0.348 e. The minimum Gasteiger partial charge on any atom is -0.348 e. The van der Waals surface area contributed by atoms with Crippen molar-refractivity contribution >= 4 is 11.4 Å². The first-order chi connectivity index (χ1) is 9.79. The van der Waals surface area contributed by atoms with Crippen molar-refractivity contribution in [1.82, 2.24) is 14.6 Å². The predicted octanol–water partition coefficient (Wildman–Crippen LogP) is 1.76. The van der Waals surface area contributed by atoms with Gasteiger partial charge in [0.2, 0.25) is 0 Å². The lowest BCUT2D eigenvalue weighted by atomic mass is 9.84. The summed E-state index contributed by atoms with van der Waals surface area (Å²) in [6.45, 7) is 3.42. The van der Waals surface area contributed by atoms with Crippen LogP contribution in [-0.4, -0.2) is 40.9 Å². The first-order valence-electron chi connectivity index (χ1n) is 7.39. The molecule has 2 aromatic rings. The number of rotatable bonds is 2. The van der Waals surface area contributed by atoms with Gasteiger partial charge in [-0.2, -0.15) is 0 Å². The van der Waals surface area contributed by atoms with Crippen LogP contribution in [0.5, 0.6) is 0 Å². The fourth-order valence-electron chi connectivity index (χ4n) is 3.55. The van der Waals surface area contributed by atoms with Crippen LogP contribution >= 0.6 is 0 Å². The summed E-state index contributed by atoms with van der Waals surface area (Å²) >= 11 is 0. The Kier molecular flexibility index (Phi) is 2.77. The van der Waals surface area contributed by atoms with Crippen molar-refractivity contribution in [3.8, 4) is 0 Å². The van der Waals surface area contributed by atoms with Crippen LogP contribution in [0.1, 0.15) is 23.2 Å². The molecule has 5 heterocycles. The molecule has 1 atom stereocenters. The molecule has 0 radical (unpaired) electrons. The third-order valence-electron chi connectivity index (χ3n) is 4.76. The number of pyridine rings is 1. The van der Waals surface area contributed by atoms with Crippen molar-refractivity contribution in [3.05, 3.63) is 42.2 Å². The highest BCUT2D eigenvalue weighted by molar-refractivity contribution is 5.94. The highest BCUT2D eigenvalue weighted by atomic mass is 16.1. The second-order valence-electron chi connectivity index (χ2n) is 5.98. The quantitative estimate of drug-likeness (QED) is 0.902. The average Bonchev–Trinajstić information content (AvgIpc) is 2.96. The molecule has 0 spiro atoms. The van der Waals surface area contributed by atoms with E-state index in [2.05, 4.69) is 10.2 Å². The number of aromatic nitrogens is 1. The molecule has 1 N–H and O–H groups in total. The van der Waals surface area contributed by atoms with Crippen LogP contribution < -0.4 is 5.32 Å². The van der Waals surface area contributed by atoms with Crippen LogP contribution in [0.2, 0.25) is 0 Å². The third-order valence-corrected chi connectivity index (χ3v) is 4.76. The molecule has 104 valence electrons. The van der Waals surface area contributed by atoms with Gasteiger partial charge in [-0.3, -0.25) is 4.79 Å². The number of carbonyl (C=O) groups excluding carboxylic acids is 1. The number of fused-ring (bicyclic) bond motifs is 4. The number of nitrogens with zero attached hydrogens (tertiary/aromatic N) is 2. The monoisotopic (exact) mass is 269 g/mol. The van der Waals surface area contributed by atoms with E-state index in [1.807, 2.05) is 41.1 Å². The fourth-order valence-corrected chi connectivity index (χ4v) is 3.55. The summed E-state index contributed by atoms with van der Waals surface area (Å²) in [5.74, 6) is 0.721. The summed E-state index contributed by atoms with van der Waals surface area (Å²) < 4.78 is 1.99. The number of hydrogen-bond donors (Lipinski definition) is 1. The Morgan fingerprint density at radius 3 is 2.80 bits per heavy atom. The van der Waals surface area contributed by atoms with Crippen molar-refractivity contribution in [2.75, 3.05) is 19.6 Å². The molecule has 0 aromatic carbocycles. The van der Waals surface area contributed by atoms with Crippen LogP contribution in [-0.2, 0) is 0 Å². The molecule has 0 aliphatic carbocycles. The van der Waals surface area contributed by atoms with E-state index in [0.29, 0.717) is 12.0 Å². The van der Waals surface area contributed by atoms with Gasteiger partial charge < -0.3 is 14.6 Å². The molecule has 2 aromatic heterocycles. The van der Waals surface area contributed by atoms with Crippen molar-refractivity contribution in [2.45, 2.75) is 18.9 Å². The van der Waals surface area contributed by atoms with Crippen LogP contribution in [0.3, 0.4) is 0 Å². The van der Waals surface area contributed by atoms with Crippen LogP contribution in [0.25, 0.3) is 5.52 Å². The Hall–Kier alpha value is -1.81. The number of nitrogens with one attached hydrogen (secondary N) is 1. The maximum absolute atomic E-state index is 12.4. The molecule has 20 heavy (non-hydrogen) atoms. The van der Waals surface area contributed by atoms with Crippen LogP contribution in [0.4, 0.5) is 0 Å². The standard InChI is InChI=1S/C16H19N3O/c20-16(13-3-4-14-2-1-7-19(14)10-13)17-15-11-18-8-5-12(15)6-9-18/h1-4,7,10,12,15H,5-6,8-9,11H2,(H,17,20). The summed E-state index contributed by atoms with van der Waals surface area (Å²) in [6, 6.07) is 8.25. The summed E-state index contributed by atoms with van der Waals surface area (Å²) in [5, 5.41) is 3.23. The molecule has 2 bridgehead atoms. The lowest BCUT2D eigenvalue weighted by molar-refractivity contribution is 0.0620. The van der Waals surface area contributed by atoms with Crippen LogP contribution in [0.15, 0.2) is 36.7 Å². The number of piperidine rings is 3. The molecule has 3 aliphatic rings. The predicted molar refractivity (Wildman–Crippen MR) is 77.8 cm³/mol. The topological polar surface area (TPSA) is 36.8 Å². The number of hydrogen-bond acceptors (Lipinski definition) is 2. The highest BCUT2D eigenvalue weighted by Gasteiger charge is 2.34. The Morgan fingerprint density at radius 2 is 2.05 bits per heavy atom. The minimum atomic E-state index is 0.0550. The normalized spacial score (nSPS) is 28.7. The molecule has 1 amide bonds. The maximum atomic E-state index is 12.4. The SMILES string of the molecule is O=C(NC1CN2CCC1CC2)c1ccc2cccn2c1. The lowest BCUT2D eigenvalue weighted by Crippen LogP contribution is -2.57. The Labute approximate surface area is 118 Å². The smallest absolute Gasteiger partial charge is 0.253 e. The van der Waals surface area contributed by atoms with Gasteiger partial charge in [0.15, 0.2) is 0 Å². The summed E-state index contributed by atoms with van der Waals surface area (Å²) in [5.41, 5.74) is 1.86. The Balaban J connectivity index is 1.52. The van der Waals surface area contributed by atoms with Gasteiger partial charge in [0.1, 0.15) is 0 Å². The number of carbonyl (C=O) groups is 1. The molecular weight excluding hydrogens is 250 g/mol. The van der Waals surface area contributed by atoms with Gasteiger partial charge in [-0.25, -0.2) is 0 Å². The molecule has 4 heteroatoms. The molecule has 3 aliphatic heterocycles. The summed E-state index contributed by atoms with van der Waals surface area (Å²) in [4.78, 5) is 14.9. The van der Waals surface area contributed by atoms with E-state index in [0.717, 1.165) is 17.6 Å². The van der Waals surface area contributed by atoms with Gasteiger partial charge in [0.05, 0.1) is 5.56 Å². The average molecular weight is 269 g/mol. The van der Waals surface area contributed by atoms with E-state index >= 15 is 0 Å². The summed E-state index contributed by atoms with van der Waals surface area (Å²) in [6.07, 6.45) is 6.33. The van der Waals surface area contributed by atoms with Crippen molar-refractivity contribution in [1.29, 1.82) is 0 Å². The molecule has 1 unspecified atom stereocenters. The molecule has 3 fully saturated rings. The third kappa shape index (κ3) is 2.00. The zero-order valence-corrected chi connectivity index (χ0v) is 11.5. The van der Waals surface area contributed by atoms with Gasteiger partial charge in [0.25, 0.3) is 5.91 Å². The molecule has 5 rings (SSSR count). The number of amides is 1. The van der Waals surface area contributed by atoms with Crippen molar-refractivity contribution in [2.24, 2.45) is 5.92 Å². The van der Waals surface area contributed by atoms with Gasteiger partial charge in [-0.15, -0.1) is 0 Å². The van der Waals surface area contributed by atoms with E-state index in [1.165, 1.54) is 25.9 Å². The van der Waals surface area contributed by atoms with E-state index in [1.54, 1.807) is 0 Å². The molecule has 0 saturated carbocycles. The van der Waals surface area contributed by atoms with Gasteiger partial charge >= 0.3 is 0 Å². The maximum Gasteiger partial charge on any atom is 0.253 e. The molecule has 4 nitrogen and oxygen atoms in total. The van der Waals surface area contributed by atoms with Gasteiger partial charge in [-0.05, 0) is 56.1 Å². The molecule has 3 saturated heterocycles. The Bertz CT molecular complexity index is 640. The van der Waals surface area contributed by atoms with Gasteiger partial charge in [-0.1, -0.05) is 0 Å². The highest BCUT2D eigenvalue weighted by Crippen LogP contribution is 2.27. The lowest BCUT2D eigenvalue weighted by Gasteiger charge is -2.44. The van der Waals surface area contributed by atoms with E-state index in [4.69, 9.17) is 0 Å². The summed E-state index contributed by atoms with van der Waals surface area (Å²) in [7, 11) is 0. The second kappa shape index (κ2) is 4.63. The van der Waals surface area contributed by atoms with E-state index < -0.39 is 0 Å². The Morgan fingerprint density at radius 1 is 1.20 bits per heavy atom. The van der Waals surface area contributed by atoms with E-state index in [9.17, 15) is 4.79 Å². The second-order valence-corrected chi connectivity index (χ2v) is 5.98. The fraction of sp³-hybridized carbons (Fsp3) is 0.438. The molecular formula is C16H19N3O.